The van der Waals surface area contributed by atoms with Crippen molar-refractivity contribution >= 4 is 23.4 Å². The fourth-order valence-corrected chi connectivity index (χ4v) is 3.48. The van der Waals surface area contributed by atoms with Crippen molar-refractivity contribution in [3.05, 3.63) is 0 Å². The van der Waals surface area contributed by atoms with Gasteiger partial charge in [-0.2, -0.15) is 0 Å². The molecule has 3 rings (SSSR count). The van der Waals surface area contributed by atoms with E-state index in [0.717, 1.165) is 6.42 Å². The number of hydrogen-bond donors (Lipinski definition) is 1. The summed E-state index contributed by atoms with van der Waals surface area (Å²) in [5, 5.41) is 14.6. The molecule has 2 unspecified atom stereocenters. The Kier molecular flexibility index (Phi) is 3.78. The number of hydrogen-bond acceptors (Lipinski definition) is 6. The maximum Gasteiger partial charge on any atom is 0.402 e. The van der Waals surface area contributed by atoms with E-state index in [1.807, 2.05) is 0 Å². The lowest BCUT2D eigenvalue weighted by Crippen LogP contribution is -2.36. The highest BCUT2D eigenvalue weighted by Crippen LogP contribution is 2.55. The van der Waals surface area contributed by atoms with Gasteiger partial charge in [0.2, 0.25) is 0 Å². The number of carbonyl (C=O) groups excluding carboxylic acids is 2. The van der Waals surface area contributed by atoms with Crippen LogP contribution in [-0.2, 0) is 19.1 Å². The Morgan fingerprint density at radius 2 is 2.04 bits per heavy atom. The van der Waals surface area contributed by atoms with Gasteiger partial charge < -0.3 is 14.6 Å². The van der Waals surface area contributed by atoms with Crippen LogP contribution in [0.15, 0.2) is 5.10 Å². The Hall–Kier alpha value is -1.76. The van der Waals surface area contributed by atoms with Gasteiger partial charge in [-0.25, -0.2) is 9.59 Å². The molecule has 3 aliphatic rings. The summed E-state index contributed by atoms with van der Waals surface area (Å²) in [5.74, 6) is -0.750. The minimum absolute atomic E-state index is 0.157. The summed E-state index contributed by atoms with van der Waals surface area (Å²) in [6.07, 6.45) is 0.256. The third-order valence-electron chi connectivity index (χ3n) is 4.34. The van der Waals surface area contributed by atoms with Gasteiger partial charge in [0, 0.05) is 0 Å². The molecule has 0 aromatic carbocycles. The summed E-state index contributed by atoms with van der Waals surface area (Å²) >= 11 is 0. The summed E-state index contributed by atoms with van der Waals surface area (Å²) in [7, 11) is 0. The van der Waals surface area contributed by atoms with E-state index < -0.39 is 23.6 Å². The third-order valence-corrected chi connectivity index (χ3v) is 4.34. The summed E-state index contributed by atoms with van der Waals surface area (Å²) in [6.45, 7) is 7.17. The van der Waals surface area contributed by atoms with Crippen molar-refractivity contribution in [2.75, 3.05) is 13.2 Å². The first-order chi connectivity index (χ1) is 10.7. The number of esters is 2. The predicted molar refractivity (Wildman–Crippen MR) is 81.1 cm³/mol. The molecule has 0 bridgehead atoms. The molecule has 0 aromatic rings. The van der Waals surface area contributed by atoms with Gasteiger partial charge in [0.05, 0.1) is 6.61 Å². The molecule has 23 heavy (non-hydrogen) atoms. The fraction of sp³-hybridized carbons (Fsp3) is 0.750. The summed E-state index contributed by atoms with van der Waals surface area (Å²) in [4.78, 5) is 24.4. The van der Waals surface area contributed by atoms with Crippen LogP contribution in [0.25, 0.3) is 0 Å². The van der Waals surface area contributed by atoms with Crippen LogP contribution in [0.3, 0.4) is 0 Å². The molecule has 0 aromatic heterocycles. The van der Waals surface area contributed by atoms with Crippen molar-refractivity contribution in [1.29, 1.82) is 0 Å². The van der Waals surface area contributed by atoms with Crippen LogP contribution in [0.2, 0.25) is 0 Å². The number of ether oxygens (including phenoxy) is 2. The molecule has 0 spiro atoms. The van der Waals surface area contributed by atoms with Gasteiger partial charge in [-0.15, -0.1) is 0 Å². The van der Waals surface area contributed by atoms with Gasteiger partial charge in [-0.3, -0.25) is 0 Å². The summed E-state index contributed by atoms with van der Waals surface area (Å²) < 4.78 is 11.8. The number of aliphatic hydroxyl groups is 1. The number of carbonyl (C=O) groups is 2. The topological polar surface area (TPSA) is 88.2 Å². The van der Waals surface area contributed by atoms with Crippen molar-refractivity contribution in [3.8, 4) is 0 Å². The Labute approximate surface area is 135 Å². The second kappa shape index (κ2) is 5.40. The van der Waals surface area contributed by atoms with Gasteiger partial charge in [0.25, 0.3) is 6.54 Å². The highest BCUT2D eigenvalue weighted by molar-refractivity contribution is 6.41. The van der Waals surface area contributed by atoms with Crippen LogP contribution in [0, 0.1) is 17.8 Å². The van der Waals surface area contributed by atoms with Gasteiger partial charge >= 0.3 is 17.7 Å². The van der Waals surface area contributed by atoms with Gasteiger partial charge in [-0.05, 0) is 51.1 Å². The number of rotatable bonds is 4. The van der Waals surface area contributed by atoms with Crippen molar-refractivity contribution in [3.63, 3.8) is 0 Å². The number of aliphatic hydroxyl groups excluding tert-OH is 1. The quantitative estimate of drug-likeness (QED) is 0.595. The van der Waals surface area contributed by atoms with Crippen molar-refractivity contribution in [2.45, 2.75) is 45.8 Å². The highest BCUT2D eigenvalue weighted by atomic mass is 16.6. The first-order valence-corrected chi connectivity index (χ1v) is 8.02. The molecular weight excluding hydrogens is 300 g/mol. The highest BCUT2D eigenvalue weighted by Gasteiger charge is 2.66. The molecule has 7 nitrogen and oxygen atoms in total. The maximum absolute atomic E-state index is 12.3. The maximum atomic E-state index is 12.3. The SMILES string of the molecule is CCOC(=O)C1=[N+](CC(=O)OC(C)(C)C)N=C2C1[C@H]1C[C@H]1C2O. The van der Waals surface area contributed by atoms with E-state index in [4.69, 9.17) is 9.47 Å². The molecule has 126 valence electrons. The van der Waals surface area contributed by atoms with Gasteiger partial charge in [0.1, 0.15) is 23.3 Å². The average molecular weight is 323 g/mol. The molecule has 2 saturated carbocycles. The Morgan fingerprint density at radius 3 is 2.65 bits per heavy atom. The van der Waals surface area contributed by atoms with E-state index in [9.17, 15) is 14.7 Å². The number of nitrogens with zero attached hydrogens (tertiary/aromatic N) is 2. The van der Waals surface area contributed by atoms with E-state index in [0.29, 0.717) is 11.4 Å². The molecule has 0 radical (unpaired) electrons. The van der Waals surface area contributed by atoms with Crippen LogP contribution in [0.4, 0.5) is 0 Å². The first-order valence-electron chi connectivity index (χ1n) is 8.02. The second-order valence-electron chi connectivity index (χ2n) is 7.26. The summed E-state index contributed by atoms with van der Waals surface area (Å²) in [5.41, 5.74) is 0.333. The molecule has 7 heteroatoms. The average Bonchev–Trinajstić information content (AvgIpc) is 3.04. The number of hydrazone groups is 1. The fourth-order valence-electron chi connectivity index (χ4n) is 3.48. The van der Waals surface area contributed by atoms with Crippen molar-refractivity contribution in [2.24, 2.45) is 22.9 Å². The van der Waals surface area contributed by atoms with Crippen molar-refractivity contribution in [1.82, 2.24) is 0 Å². The second-order valence-corrected chi connectivity index (χ2v) is 7.26. The first kappa shape index (κ1) is 16.1. The van der Waals surface area contributed by atoms with E-state index >= 15 is 0 Å². The minimum Gasteiger partial charge on any atom is -0.458 e. The molecule has 0 saturated heterocycles. The minimum atomic E-state index is -0.627. The van der Waals surface area contributed by atoms with Gasteiger partial charge in [-0.1, -0.05) is 4.68 Å². The van der Waals surface area contributed by atoms with Crippen LogP contribution in [0.5, 0.6) is 0 Å². The van der Waals surface area contributed by atoms with Crippen molar-refractivity contribution < 1.29 is 28.9 Å². The number of fused-ring (bicyclic) bond motifs is 3. The zero-order chi connectivity index (χ0) is 16.9. The molecule has 1 heterocycles. The molecule has 1 aliphatic heterocycles. The molecule has 1 N–H and O–H groups in total. The van der Waals surface area contributed by atoms with E-state index in [-0.39, 0.29) is 30.9 Å². The van der Waals surface area contributed by atoms with E-state index in [2.05, 4.69) is 5.10 Å². The van der Waals surface area contributed by atoms with Crippen LogP contribution in [-0.4, -0.2) is 58.0 Å². The Bertz CT molecular complexity index is 616. The van der Waals surface area contributed by atoms with E-state index in [1.165, 1.54) is 4.68 Å². The monoisotopic (exact) mass is 323 g/mol. The van der Waals surface area contributed by atoms with Gasteiger partial charge in [0.15, 0.2) is 0 Å². The normalized spacial score (nSPS) is 31.4. The Morgan fingerprint density at radius 1 is 1.35 bits per heavy atom. The van der Waals surface area contributed by atoms with E-state index in [1.54, 1.807) is 27.7 Å². The molecule has 0 amide bonds. The lowest BCUT2D eigenvalue weighted by atomic mass is 9.95. The van der Waals surface area contributed by atoms with Crippen LogP contribution >= 0.6 is 0 Å². The standard InChI is InChI=1S/C16H23N2O5/c1-5-22-15(21)13-11-8-6-9(8)14(20)12(11)17-18(13)7-10(19)23-16(2,3)4/h8-9,11,14,20H,5-7H2,1-4H3/q+1/t8-,9+,11?,14?/m0/s1. The zero-order valence-electron chi connectivity index (χ0n) is 13.9. The smallest absolute Gasteiger partial charge is 0.402 e. The third kappa shape index (κ3) is 2.89. The Balaban J connectivity index is 1.85. The summed E-state index contributed by atoms with van der Waals surface area (Å²) in [6, 6.07) is 0. The lowest BCUT2D eigenvalue weighted by molar-refractivity contribution is -0.521. The lowest BCUT2D eigenvalue weighted by Gasteiger charge is -2.18. The molecule has 2 aliphatic carbocycles. The zero-order valence-corrected chi connectivity index (χ0v) is 13.9. The van der Waals surface area contributed by atoms with Crippen LogP contribution < -0.4 is 0 Å². The molecule has 2 fully saturated rings. The molecule has 4 atom stereocenters. The molecular formula is C16H23N2O5+. The predicted octanol–water partition coefficient (Wildman–Crippen LogP) is 0.341. The largest absolute Gasteiger partial charge is 0.458 e. The van der Waals surface area contributed by atoms with Crippen LogP contribution in [0.1, 0.15) is 34.1 Å².